The van der Waals surface area contributed by atoms with Crippen molar-refractivity contribution >= 4 is 22.5 Å². The van der Waals surface area contributed by atoms with Gasteiger partial charge in [0, 0.05) is 18.2 Å². The van der Waals surface area contributed by atoms with Crippen LogP contribution in [0, 0.1) is 6.92 Å². The van der Waals surface area contributed by atoms with Crippen molar-refractivity contribution in [3.63, 3.8) is 0 Å². The van der Waals surface area contributed by atoms with Crippen molar-refractivity contribution in [1.29, 1.82) is 0 Å². The average Bonchev–Trinajstić information content (AvgIpc) is 3.08. The summed E-state index contributed by atoms with van der Waals surface area (Å²) in [6.07, 6.45) is 0.380. The van der Waals surface area contributed by atoms with Crippen LogP contribution in [0.4, 0.5) is 5.69 Å². The summed E-state index contributed by atoms with van der Waals surface area (Å²) in [5, 5.41) is 0.593. The maximum atomic E-state index is 13.5. The van der Waals surface area contributed by atoms with E-state index >= 15 is 0 Å². The monoisotopic (exact) mass is 437 g/mol. The van der Waals surface area contributed by atoms with Crippen molar-refractivity contribution < 1.29 is 4.79 Å². The van der Waals surface area contributed by atoms with Gasteiger partial charge in [0.2, 0.25) is 5.91 Å². The van der Waals surface area contributed by atoms with Gasteiger partial charge in [-0.05, 0) is 50.1 Å². The zero-order chi connectivity index (χ0) is 23.1. The van der Waals surface area contributed by atoms with E-state index < -0.39 is 0 Å². The Morgan fingerprint density at radius 3 is 2.42 bits per heavy atom. The van der Waals surface area contributed by atoms with E-state index in [1.165, 1.54) is 0 Å². The minimum atomic E-state index is -0.364. The summed E-state index contributed by atoms with van der Waals surface area (Å²) >= 11 is 0. The topological polar surface area (TPSA) is 55.2 Å². The van der Waals surface area contributed by atoms with Crippen LogP contribution in [0.3, 0.4) is 0 Å². The standard InChI is InChI=1S/C28H27N3O2/c1-18(2)31-25-14-13-19(3)15-22(25)23(28(31)33)16-26-29-24-12-8-7-11-21(24)27(32)30(26)17-20-9-5-4-6-10-20/h4-15,18,23H,16-17H2,1-3H3. The van der Waals surface area contributed by atoms with E-state index in [0.717, 1.165) is 22.4 Å². The summed E-state index contributed by atoms with van der Waals surface area (Å²) in [6, 6.07) is 23.6. The molecule has 1 aromatic heterocycles. The van der Waals surface area contributed by atoms with E-state index in [-0.39, 0.29) is 23.4 Å². The van der Waals surface area contributed by atoms with Gasteiger partial charge in [0.15, 0.2) is 0 Å². The van der Waals surface area contributed by atoms with Crippen LogP contribution in [0.2, 0.25) is 0 Å². The van der Waals surface area contributed by atoms with Crippen molar-refractivity contribution in [2.45, 2.75) is 45.7 Å². The summed E-state index contributed by atoms with van der Waals surface area (Å²) in [5.74, 6) is 0.343. The smallest absolute Gasteiger partial charge is 0.261 e. The minimum absolute atomic E-state index is 0.0556. The quantitative estimate of drug-likeness (QED) is 0.449. The molecule has 1 amide bonds. The molecule has 0 bridgehead atoms. The second-order valence-electron chi connectivity index (χ2n) is 9.04. The Balaban J connectivity index is 1.64. The molecular weight excluding hydrogens is 410 g/mol. The molecule has 0 N–H and O–H groups in total. The van der Waals surface area contributed by atoms with E-state index in [2.05, 4.69) is 6.07 Å². The predicted molar refractivity (Wildman–Crippen MR) is 132 cm³/mol. The number of para-hydroxylation sites is 1. The molecule has 2 heterocycles. The molecule has 5 rings (SSSR count). The lowest BCUT2D eigenvalue weighted by molar-refractivity contribution is -0.119. The average molecular weight is 438 g/mol. The Kier molecular flexibility index (Phi) is 5.33. The third-order valence-electron chi connectivity index (χ3n) is 6.38. The molecule has 5 heteroatoms. The molecule has 1 aliphatic rings. The minimum Gasteiger partial charge on any atom is -0.309 e. The van der Waals surface area contributed by atoms with Crippen molar-refractivity contribution in [2.75, 3.05) is 4.90 Å². The first kappa shape index (κ1) is 21.1. The fourth-order valence-corrected chi connectivity index (χ4v) is 4.80. The summed E-state index contributed by atoms with van der Waals surface area (Å²) < 4.78 is 1.73. The zero-order valence-electron chi connectivity index (χ0n) is 19.2. The highest BCUT2D eigenvalue weighted by Gasteiger charge is 2.39. The van der Waals surface area contributed by atoms with Gasteiger partial charge in [-0.3, -0.25) is 14.2 Å². The van der Waals surface area contributed by atoms with Crippen molar-refractivity contribution in [3.8, 4) is 0 Å². The molecule has 5 nitrogen and oxygen atoms in total. The number of hydrogen-bond acceptors (Lipinski definition) is 3. The fourth-order valence-electron chi connectivity index (χ4n) is 4.80. The molecule has 0 saturated heterocycles. The van der Waals surface area contributed by atoms with E-state index in [4.69, 9.17) is 4.98 Å². The van der Waals surface area contributed by atoms with Gasteiger partial charge in [0.1, 0.15) is 5.82 Å². The summed E-state index contributed by atoms with van der Waals surface area (Å²) in [6.45, 7) is 6.52. The lowest BCUT2D eigenvalue weighted by Gasteiger charge is -2.22. The number of aryl methyl sites for hydroxylation is 1. The third-order valence-corrected chi connectivity index (χ3v) is 6.38. The number of fused-ring (bicyclic) bond motifs is 2. The SMILES string of the molecule is Cc1ccc2c(c1)C(Cc1nc3ccccc3c(=O)n1Cc1ccccc1)C(=O)N2C(C)C. The van der Waals surface area contributed by atoms with E-state index in [9.17, 15) is 9.59 Å². The van der Waals surface area contributed by atoms with Gasteiger partial charge in [-0.1, -0.05) is 60.2 Å². The molecule has 33 heavy (non-hydrogen) atoms. The summed E-state index contributed by atoms with van der Waals surface area (Å²) in [4.78, 5) is 33.8. The lowest BCUT2D eigenvalue weighted by Crippen LogP contribution is -2.36. The number of carbonyl (C=O) groups excluding carboxylic acids is 1. The van der Waals surface area contributed by atoms with Crippen molar-refractivity contribution in [1.82, 2.24) is 9.55 Å². The van der Waals surface area contributed by atoms with E-state index in [1.807, 2.05) is 92.4 Å². The number of benzene rings is 3. The molecule has 166 valence electrons. The molecule has 0 aliphatic carbocycles. The summed E-state index contributed by atoms with van der Waals surface area (Å²) in [5.41, 5.74) is 4.71. The highest BCUT2D eigenvalue weighted by atomic mass is 16.2. The molecule has 0 radical (unpaired) electrons. The van der Waals surface area contributed by atoms with Gasteiger partial charge in [-0.2, -0.15) is 0 Å². The van der Waals surface area contributed by atoms with Gasteiger partial charge in [0.25, 0.3) is 5.56 Å². The number of carbonyl (C=O) groups is 1. The molecule has 1 unspecified atom stereocenters. The number of anilines is 1. The van der Waals surface area contributed by atoms with Crippen LogP contribution < -0.4 is 10.5 Å². The van der Waals surface area contributed by atoms with Crippen LogP contribution in [0.5, 0.6) is 0 Å². The van der Waals surface area contributed by atoms with Crippen LogP contribution in [-0.2, 0) is 17.8 Å². The highest BCUT2D eigenvalue weighted by molar-refractivity contribution is 6.05. The Hall–Kier alpha value is -3.73. The second kappa shape index (κ2) is 8.32. The van der Waals surface area contributed by atoms with Gasteiger partial charge in [-0.25, -0.2) is 4.98 Å². The number of rotatable bonds is 5. The molecule has 3 aromatic carbocycles. The zero-order valence-corrected chi connectivity index (χ0v) is 19.2. The Morgan fingerprint density at radius 1 is 0.939 bits per heavy atom. The van der Waals surface area contributed by atoms with Crippen LogP contribution in [0.15, 0.2) is 77.6 Å². The molecule has 0 spiro atoms. The van der Waals surface area contributed by atoms with Gasteiger partial charge >= 0.3 is 0 Å². The molecule has 0 fully saturated rings. The second-order valence-corrected chi connectivity index (χ2v) is 9.04. The van der Waals surface area contributed by atoms with Crippen LogP contribution in [0.1, 0.15) is 42.3 Å². The van der Waals surface area contributed by atoms with Crippen LogP contribution in [0.25, 0.3) is 10.9 Å². The molecule has 1 aliphatic heterocycles. The highest BCUT2D eigenvalue weighted by Crippen LogP contribution is 2.40. The van der Waals surface area contributed by atoms with Crippen LogP contribution >= 0.6 is 0 Å². The van der Waals surface area contributed by atoms with E-state index in [0.29, 0.717) is 29.7 Å². The molecular formula is C28H27N3O2. The number of nitrogens with zero attached hydrogens (tertiary/aromatic N) is 3. The number of hydrogen-bond donors (Lipinski definition) is 0. The normalized spacial score (nSPS) is 15.5. The van der Waals surface area contributed by atoms with Gasteiger partial charge < -0.3 is 4.90 Å². The van der Waals surface area contributed by atoms with Crippen molar-refractivity contribution in [3.05, 3.63) is 106 Å². The molecule has 0 saturated carbocycles. The van der Waals surface area contributed by atoms with Crippen molar-refractivity contribution in [2.24, 2.45) is 0 Å². The largest absolute Gasteiger partial charge is 0.309 e. The molecule has 1 atom stereocenters. The fraction of sp³-hybridized carbons (Fsp3) is 0.250. The third kappa shape index (κ3) is 3.74. The Labute approximate surface area is 193 Å². The van der Waals surface area contributed by atoms with Crippen LogP contribution in [-0.4, -0.2) is 21.5 Å². The maximum Gasteiger partial charge on any atom is 0.261 e. The Morgan fingerprint density at radius 2 is 1.67 bits per heavy atom. The van der Waals surface area contributed by atoms with Gasteiger partial charge in [0.05, 0.1) is 23.4 Å². The first-order valence-corrected chi connectivity index (χ1v) is 11.4. The van der Waals surface area contributed by atoms with Gasteiger partial charge in [-0.15, -0.1) is 0 Å². The molecule has 4 aromatic rings. The summed E-state index contributed by atoms with van der Waals surface area (Å²) in [7, 11) is 0. The maximum absolute atomic E-state index is 13.5. The number of aromatic nitrogens is 2. The first-order chi connectivity index (χ1) is 15.9. The predicted octanol–water partition coefficient (Wildman–Crippen LogP) is 4.83. The lowest BCUT2D eigenvalue weighted by atomic mass is 9.95. The number of amides is 1. The Bertz CT molecular complexity index is 1410. The van der Waals surface area contributed by atoms with E-state index in [1.54, 1.807) is 4.57 Å². The first-order valence-electron chi connectivity index (χ1n) is 11.4.